The highest BCUT2D eigenvalue weighted by molar-refractivity contribution is 7.25. The maximum Gasteiger partial charge on any atom is 0.0708 e. The first-order valence-corrected chi connectivity index (χ1v) is 24.6. The summed E-state index contributed by atoms with van der Waals surface area (Å²) in [5, 5.41) is 5.03. The first-order chi connectivity index (χ1) is 34.7. The third-order valence-corrected chi connectivity index (χ3v) is 15.3. The van der Waals surface area contributed by atoms with Gasteiger partial charge in [0.05, 0.1) is 28.1 Å². The lowest BCUT2D eigenvalue weighted by Gasteiger charge is -2.34. The molecule has 4 nitrogen and oxygen atoms in total. The van der Waals surface area contributed by atoms with Gasteiger partial charge in [-0.3, -0.25) is 9.97 Å². The molecule has 0 fully saturated rings. The molecule has 12 aromatic rings. The normalized spacial score (nSPS) is 14.2. The second-order valence-corrected chi connectivity index (χ2v) is 19.2. The molecule has 0 saturated heterocycles. The SMILES string of the molecule is C1=CC2=CC(C=C1c1ccccc1-c1ccccn1)c1cc(-c3ccccc3-c3ccccn3)ccc1N2c1ccc2sc3ccc(-c4ccc5c(c4)c4ccccc4n5-c4ccccc4)cc3c2c1. The molecule has 5 heteroatoms. The van der Waals surface area contributed by atoms with Gasteiger partial charge in [0.15, 0.2) is 0 Å². The monoisotopic (exact) mass is 910 g/mol. The van der Waals surface area contributed by atoms with Gasteiger partial charge in [-0.25, -0.2) is 0 Å². The third kappa shape index (κ3) is 6.66. The molecule has 1 aliphatic heterocycles. The predicted molar refractivity (Wildman–Crippen MR) is 294 cm³/mol. The summed E-state index contributed by atoms with van der Waals surface area (Å²) < 4.78 is 4.93. The van der Waals surface area contributed by atoms with Crippen molar-refractivity contribution < 1.29 is 0 Å². The Labute approximate surface area is 409 Å². The maximum atomic E-state index is 4.78. The van der Waals surface area contributed by atoms with Gasteiger partial charge >= 0.3 is 0 Å². The summed E-state index contributed by atoms with van der Waals surface area (Å²) >= 11 is 1.86. The molecule has 0 radical (unpaired) electrons. The summed E-state index contributed by atoms with van der Waals surface area (Å²) in [6.07, 6.45) is 13.2. The average Bonchev–Trinajstić information content (AvgIpc) is 3.90. The quantitative estimate of drug-likeness (QED) is 0.160. The molecule has 0 saturated carbocycles. The Balaban J connectivity index is 0.908. The van der Waals surface area contributed by atoms with Crippen LogP contribution in [0.2, 0.25) is 0 Å². The van der Waals surface area contributed by atoms with Gasteiger partial charge in [0.25, 0.3) is 0 Å². The maximum absolute atomic E-state index is 4.78. The van der Waals surface area contributed by atoms with Crippen LogP contribution < -0.4 is 4.90 Å². The second-order valence-electron chi connectivity index (χ2n) is 18.1. The van der Waals surface area contributed by atoms with E-state index in [-0.39, 0.29) is 5.92 Å². The number of allylic oxidation sites excluding steroid dienone is 5. The van der Waals surface area contributed by atoms with Crippen LogP contribution in [0.25, 0.3) is 98.0 Å². The number of nitrogens with zero attached hydrogens (tertiary/aromatic N) is 4. The molecule has 14 rings (SSSR count). The molecule has 8 aromatic carbocycles. The van der Waals surface area contributed by atoms with Gasteiger partial charge in [-0.2, -0.15) is 0 Å². The zero-order valence-corrected chi connectivity index (χ0v) is 38.8. The minimum absolute atomic E-state index is 0.0114. The van der Waals surface area contributed by atoms with Crippen LogP contribution in [-0.4, -0.2) is 14.5 Å². The summed E-state index contributed by atoms with van der Waals surface area (Å²) in [6.45, 7) is 0. The van der Waals surface area contributed by atoms with Gasteiger partial charge in [0.1, 0.15) is 0 Å². The van der Waals surface area contributed by atoms with Crippen molar-refractivity contribution in [2.24, 2.45) is 0 Å². The van der Waals surface area contributed by atoms with E-state index in [0.717, 1.165) is 50.6 Å². The Morgan fingerprint density at radius 2 is 1.01 bits per heavy atom. The number of hydrogen-bond donors (Lipinski definition) is 0. The number of fused-ring (bicyclic) bond motifs is 9. The van der Waals surface area contributed by atoms with E-state index in [4.69, 9.17) is 9.97 Å². The van der Waals surface area contributed by atoms with E-state index in [0.29, 0.717) is 0 Å². The Bertz CT molecular complexity index is 4120. The molecule has 0 N–H and O–H groups in total. The Morgan fingerprint density at radius 3 is 1.79 bits per heavy atom. The topological polar surface area (TPSA) is 34.0 Å². The van der Waals surface area contributed by atoms with E-state index < -0.39 is 0 Å². The largest absolute Gasteiger partial charge is 0.310 e. The van der Waals surface area contributed by atoms with E-state index in [2.05, 4.69) is 234 Å². The molecule has 1 aliphatic carbocycles. The van der Waals surface area contributed by atoms with Crippen molar-refractivity contribution in [1.82, 2.24) is 14.5 Å². The Hall–Kier alpha value is -8.90. The molecule has 4 aromatic heterocycles. The fraction of sp³-hybridized carbons (Fsp3) is 0.0154. The van der Waals surface area contributed by atoms with E-state index in [1.807, 2.05) is 35.9 Å². The number of aromatic nitrogens is 3. The molecule has 2 bridgehead atoms. The van der Waals surface area contributed by atoms with Crippen LogP contribution in [0.4, 0.5) is 11.4 Å². The fourth-order valence-electron chi connectivity index (χ4n) is 10.9. The molecule has 1 unspecified atom stereocenters. The molecular formula is C65H42N4S. The summed E-state index contributed by atoms with van der Waals surface area (Å²) in [7, 11) is 0. The minimum atomic E-state index is 0.0114. The number of hydrogen-bond acceptors (Lipinski definition) is 4. The fourth-order valence-corrected chi connectivity index (χ4v) is 12.0. The molecule has 70 heavy (non-hydrogen) atoms. The minimum Gasteiger partial charge on any atom is -0.310 e. The van der Waals surface area contributed by atoms with Crippen molar-refractivity contribution in [3.63, 3.8) is 0 Å². The highest BCUT2D eigenvalue weighted by Crippen LogP contribution is 2.49. The van der Waals surface area contributed by atoms with Gasteiger partial charge in [-0.15, -0.1) is 11.3 Å². The van der Waals surface area contributed by atoms with Crippen molar-refractivity contribution in [3.8, 4) is 50.5 Å². The van der Waals surface area contributed by atoms with Crippen LogP contribution in [0.1, 0.15) is 17.0 Å². The molecule has 328 valence electrons. The molecule has 2 aliphatic rings. The van der Waals surface area contributed by atoms with Crippen molar-refractivity contribution in [3.05, 3.63) is 266 Å². The summed E-state index contributed by atoms with van der Waals surface area (Å²) in [5.41, 5.74) is 19.5. The van der Waals surface area contributed by atoms with Gasteiger partial charge < -0.3 is 9.47 Å². The van der Waals surface area contributed by atoms with Crippen LogP contribution in [0, 0.1) is 0 Å². The summed E-state index contributed by atoms with van der Waals surface area (Å²) in [4.78, 5) is 12.0. The smallest absolute Gasteiger partial charge is 0.0708 e. The van der Waals surface area contributed by atoms with Crippen molar-refractivity contribution in [1.29, 1.82) is 0 Å². The number of para-hydroxylation sites is 2. The Kier molecular flexibility index (Phi) is 9.42. The lowest BCUT2D eigenvalue weighted by atomic mass is 9.86. The van der Waals surface area contributed by atoms with Gasteiger partial charge in [0, 0.05) is 77.5 Å². The average molecular weight is 911 g/mol. The van der Waals surface area contributed by atoms with E-state index in [1.54, 1.807) is 0 Å². The second kappa shape index (κ2) is 16.4. The zero-order valence-electron chi connectivity index (χ0n) is 37.9. The molecular weight excluding hydrogens is 869 g/mol. The van der Waals surface area contributed by atoms with Crippen LogP contribution in [0.5, 0.6) is 0 Å². The van der Waals surface area contributed by atoms with E-state index in [9.17, 15) is 0 Å². The van der Waals surface area contributed by atoms with E-state index >= 15 is 0 Å². The summed E-state index contributed by atoms with van der Waals surface area (Å²) in [5.74, 6) is 0.0114. The molecule has 0 spiro atoms. The number of benzene rings is 8. The van der Waals surface area contributed by atoms with Crippen molar-refractivity contribution in [2.45, 2.75) is 5.92 Å². The highest BCUT2D eigenvalue weighted by atomic mass is 32.1. The number of anilines is 2. The van der Waals surface area contributed by atoms with Gasteiger partial charge in [0.2, 0.25) is 0 Å². The van der Waals surface area contributed by atoms with E-state index in [1.165, 1.54) is 75.6 Å². The predicted octanol–water partition coefficient (Wildman–Crippen LogP) is 17.4. The van der Waals surface area contributed by atoms with Crippen molar-refractivity contribution in [2.75, 3.05) is 4.90 Å². The van der Waals surface area contributed by atoms with Gasteiger partial charge in [-0.1, -0.05) is 127 Å². The van der Waals surface area contributed by atoms with Crippen LogP contribution >= 0.6 is 11.3 Å². The number of thiophene rings is 1. The van der Waals surface area contributed by atoms with Gasteiger partial charge in [-0.05, 0) is 148 Å². The van der Waals surface area contributed by atoms with Crippen LogP contribution in [-0.2, 0) is 0 Å². The van der Waals surface area contributed by atoms with Crippen LogP contribution in [0.15, 0.2) is 255 Å². The number of pyridine rings is 2. The summed E-state index contributed by atoms with van der Waals surface area (Å²) in [6, 6.07) is 77.0. The number of rotatable bonds is 7. The zero-order chi connectivity index (χ0) is 46.1. The standard InChI is InChI=1S/C65H42N4S/c1-2-14-47(15-3-1)69-61-23-9-8-20-54(61)56-38-42(25-30-63(56)69)43-27-32-64-57(39-43)58-41-49(29-33-65(58)70-64)68-48-28-24-44(50-16-4-6-18-52(50)59-21-10-12-34-66-59)36-46(37-48)55-40-45(26-31-62(55)68)51-17-5-7-19-53(51)60-22-11-13-35-67-60/h1-41,46H. The third-order valence-electron chi connectivity index (χ3n) is 14.1. The highest BCUT2D eigenvalue weighted by Gasteiger charge is 2.29. The lowest BCUT2D eigenvalue weighted by Crippen LogP contribution is -2.21. The lowest BCUT2D eigenvalue weighted by molar-refractivity contribution is 1.00. The Morgan fingerprint density at radius 1 is 0.400 bits per heavy atom. The van der Waals surface area contributed by atoms with Crippen molar-refractivity contribution >= 4 is 70.3 Å². The molecule has 1 atom stereocenters. The first-order valence-electron chi connectivity index (χ1n) is 23.8. The van der Waals surface area contributed by atoms with Crippen LogP contribution in [0.3, 0.4) is 0 Å². The molecule has 5 heterocycles. The molecule has 0 amide bonds. The first kappa shape index (κ1) is 40.2.